The van der Waals surface area contributed by atoms with Crippen molar-refractivity contribution in [3.63, 3.8) is 0 Å². The minimum Gasteiger partial charge on any atom is -0.470 e. The van der Waals surface area contributed by atoms with Crippen molar-refractivity contribution in [2.75, 3.05) is 37.6 Å². The van der Waals surface area contributed by atoms with Gasteiger partial charge in [0.05, 0.1) is 16.2 Å². The van der Waals surface area contributed by atoms with Crippen LogP contribution in [0, 0.1) is 0 Å². The smallest absolute Gasteiger partial charge is 0.328 e. The minimum atomic E-state index is -0.404. The first-order valence-corrected chi connectivity index (χ1v) is 8.92. The van der Waals surface area contributed by atoms with E-state index < -0.39 is 5.69 Å². The van der Waals surface area contributed by atoms with Gasteiger partial charge in [0, 0.05) is 39.3 Å². The first kappa shape index (κ1) is 16.9. The molecule has 7 nitrogen and oxygen atoms in total. The molecule has 1 fully saturated rings. The van der Waals surface area contributed by atoms with Crippen molar-refractivity contribution in [1.29, 1.82) is 0 Å². The number of hydrogen-bond donors (Lipinski definition) is 1. The van der Waals surface area contributed by atoms with Gasteiger partial charge in [-0.15, -0.1) is 0 Å². The second-order valence-corrected chi connectivity index (χ2v) is 6.77. The van der Waals surface area contributed by atoms with Crippen LogP contribution in [-0.4, -0.2) is 47.2 Å². The summed E-state index contributed by atoms with van der Waals surface area (Å²) in [6.45, 7) is 4.41. The Morgan fingerprint density at radius 2 is 1.81 bits per heavy atom. The van der Waals surface area contributed by atoms with E-state index in [1.54, 1.807) is 0 Å². The third-order valence-electron chi connectivity index (χ3n) is 4.83. The molecule has 1 saturated heterocycles. The van der Waals surface area contributed by atoms with E-state index in [1.165, 1.54) is 17.1 Å². The highest BCUT2D eigenvalue weighted by molar-refractivity contribution is 6.33. The molecule has 4 rings (SSSR count). The van der Waals surface area contributed by atoms with Gasteiger partial charge in [0.25, 0.3) is 5.56 Å². The molecule has 1 aliphatic heterocycles. The van der Waals surface area contributed by atoms with Crippen molar-refractivity contribution in [2.24, 2.45) is 0 Å². The first-order chi connectivity index (χ1) is 12.6. The van der Waals surface area contributed by atoms with Gasteiger partial charge < -0.3 is 14.3 Å². The van der Waals surface area contributed by atoms with Crippen LogP contribution in [0.2, 0.25) is 5.02 Å². The van der Waals surface area contributed by atoms with E-state index in [9.17, 15) is 9.59 Å². The van der Waals surface area contributed by atoms with Gasteiger partial charge >= 0.3 is 5.69 Å². The zero-order valence-corrected chi connectivity index (χ0v) is 14.9. The number of aromatic nitrogens is 2. The van der Waals surface area contributed by atoms with Gasteiger partial charge in [-0.3, -0.25) is 14.3 Å². The van der Waals surface area contributed by atoms with E-state index in [1.807, 2.05) is 24.3 Å². The predicted octanol–water partition coefficient (Wildman–Crippen LogP) is 1.76. The molecule has 8 heteroatoms. The number of aromatic amines is 1. The SMILES string of the molecule is O=c1[nH]c2cocc2c(=O)n1CCN1CCN(c2ccccc2Cl)CC1. The second kappa shape index (κ2) is 7.01. The van der Waals surface area contributed by atoms with E-state index in [0.29, 0.717) is 24.0 Å². The van der Waals surface area contributed by atoms with Crippen molar-refractivity contribution >= 4 is 28.2 Å². The summed E-state index contributed by atoms with van der Waals surface area (Å²) in [6.07, 6.45) is 2.74. The molecule has 136 valence electrons. The van der Waals surface area contributed by atoms with Crippen LogP contribution in [0.4, 0.5) is 5.69 Å². The summed E-state index contributed by atoms with van der Waals surface area (Å²) in [5.41, 5.74) is 0.766. The van der Waals surface area contributed by atoms with Crippen LogP contribution in [0.15, 0.2) is 50.8 Å². The molecule has 0 amide bonds. The lowest BCUT2D eigenvalue weighted by molar-refractivity contribution is 0.246. The molecule has 0 bridgehead atoms. The number of hydrogen-bond acceptors (Lipinski definition) is 5. The number of benzene rings is 1. The maximum atomic E-state index is 12.4. The quantitative estimate of drug-likeness (QED) is 0.753. The molecule has 0 atom stereocenters. The summed E-state index contributed by atoms with van der Waals surface area (Å²) >= 11 is 6.27. The zero-order valence-electron chi connectivity index (χ0n) is 14.2. The molecular formula is C18H19ClN4O3. The van der Waals surface area contributed by atoms with E-state index in [2.05, 4.69) is 14.8 Å². The van der Waals surface area contributed by atoms with Crippen molar-refractivity contribution in [3.8, 4) is 0 Å². The third-order valence-corrected chi connectivity index (χ3v) is 5.15. The second-order valence-electron chi connectivity index (χ2n) is 6.37. The van der Waals surface area contributed by atoms with Crippen LogP contribution in [0.1, 0.15) is 0 Å². The number of piperazine rings is 1. The van der Waals surface area contributed by atoms with E-state index in [0.717, 1.165) is 36.9 Å². The largest absolute Gasteiger partial charge is 0.470 e. The average molecular weight is 375 g/mol. The number of furan rings is 1. The number of rotatable bonds is 4. The molecule has 1 N–H and O–H groups in total. The number of H-pyrrole nitrogens is 1. The Morgan fingerprint density at radius 1 is 1.04 bits per heavy atom. The molecule has 3 heterocycles. The molecule has 2 aromatic heterocycles. The Morgan fingerprint density at radius 3 is 2.58 bits per heavy atom. The Kier molecular flexibility index (Phi) is 4.57. The van der Waals surface area contributed by atoms with Gasteiger partial charge in [-0.1, -0.05) is 23.7 Å². The Labute approximate surface area is 154 Å². The maximum Gasteiger partial charge on any atom is 0.328 e. The number of anilines is 1. The van der Waals surface area contributed by atoms with Gasteiger partial charge in [0.1, 0.15) is 17.9 Å². The van der Waals surface area contributed by atoms with E-state index in [-0.39, 0.29) is 5.56 Å². The summed E-state index contributed by atoms with van der Waals surface area (Å²) in [5.74, 6) is 0. The van der Waals surface area contributed by atoms with Gasteiger partial charge in [-0.05, 0) is 12.1 Å². The van der Waals surface area contributed by atoms with Crippen LogP contribution in [-0.2, 0) is 6.54 Å². The lowest BCUT2D eigenvalue weighted by atomic mass is 10.2. The fourth-order valence-corrected chi connectivity index (χ4v) is 3.60. The van der Waals surface area contributed by atoms with Crippen LogP contribution >= 0.6 is 11.6 Å². The highest BCUT2D eigenvalue weighted by atomic mass is 35.5. The van der Waals surface area contributed by atoms with Crippen molar-refractivity contribution in [2.45, 2.75) is 6.54 Å². The fraction of sp³-hybridized carbons (Fsp3) is 0.333. The van der Waals surface area contributed by atoms with Crippen molar-refractivity contribution < 1.29 is 4.42 Å². The average Bonchev–Trinajstić information content (AvgIpc) is 3.11. The summed E-state index contributed by atoms with van der Waals surface area (Å²) < 4.78 is 6.24. The first-order valence-electron chi connectivity index (χ1n) is 8.54. The number of nitrogens with zero attached hydrogens (tertiary/aromatic N) is 3. The van der Waals surface area contributed by atoms with Gasteiger partial charge in [-0.2, -0.15) is 0 Å². The summed E-state index contributed by atoms with van der Waals surface area (Å²) in [4.78, 5) is 31.7. The lowest BCUT2D eigenvalue weighted by Gasteiger charge is -2.36. The van der Waals surface area contributed by atoms with Gasteiger partial charge in [0.2, 0.25) is 0 Å². The fourth-order valence-electron chi connectivity index (χ4n) is 3.34. The molecule has 0 saturated carbocycles. The maximum absolute atomic E-state index is 12.4. The molecule has 0 aliphatic carbocycles. The molecule has 1 aliphatic rings. The van der Waals surface area contributed by atoms with Crippen molar-refractivity contribution in [1.82, 2.24) is 14.5 Å². The summed E-state index contributed by atoms with van der Waals surface area (Å²) in [5, 5.41) is 1.15. The molecule has 26 heavy (non-hydrogen) atoms. The number of halogens is 1. The normalized spacial score (nSPS) is 15.7. The predicted molar refractivity (Wildman–Crippen MR) is 101 cm³/mol. The molecule has 0 radical (unpaired) electrons. The highest BCUT2D eigenvalue weighted by Crippen LogP contribution is 2.25. The topological polar surface area (TPSA) is 74.5 Å². The van der Waals surface area contributed by atoms with Gasteiger partial charge in [0.15, 0.2) is 0 Å². The summed E-state index contributed by atoms with van der Waals surface area (Å²) in [7, 11) is 0. The third kappa shape index (κ3) is 3.15. The standard InChI is InChI=1S/C18H19ClN4O3/c19-14-3-1-2-4-16(14)22-8-5-21(6-9-22)7-10-23-17(24)13-11-26-12-15(13)20-18(23)25/h1-4,11-12H,5-10H2,(H,20,25). The molecule has 0 unspecified atom stereocenters. The van der Waals surface area contributed by atoms with Crippen LogP contribution in [0.25, 0.3) is 10.9 Å². The zero-order chi connectivity index (χ0) is 18.1. The molecule has 0 spiro atoms. The molecule has 3 aromatic rings. The molecule has 1 aromatic carbocycles. The lowest BCUT2D eigenvalue weighted by Crippen LogP contribution is -2.48. The van der Waals surface area contributed by atoms with E-state index in [4.69, 9.17) is 16.0 Å². The highest BCUT2D eigenvalue weighted by Gasteiger charge is 2.19. The number of para-hydroxylation sites is 1. The molecular weight excluding hydrogens is 356 g/mol. The Hall–Kier alpha value is -2.51. The Balaban J connectivity index is 1.41. The Bertz CT molecular complexity index is 1030. The minimum absolute atomic E-state index is 0.313. The van der Waals surface area contributed by atoms with Crippen LogP contribution in [0.3, 0.4) is 0 Å². The van der Waals surface area contributed by atoms with Crippen LogP contribution < -0.4 is 16.1 Å². The summed E-state index contributed by atoms with van der Waals surface area (Å²) in [6, 6.07) is 7.83. The monoisotopic (exact) mass is 374 g/mol. The van der Waals surface area contributed by atoms with Crippen molar-refractivity contribution in [3.05, 3.63) is 62.7 Å². The number of fused-ring (bicyclic) bond motifs is 1. The van der Waals surface area contributed by atoms with Crippen LogP contribution in [0.5, 0.6) is 0 Å². The van der Waals surface area contributed by atoms with Gasteiger partial charge in [-0.25, -0.2) is 4.79 Å². The van der Waals surface area contributed by atoms with E-state index >= 15 is 0 Å². The number of nitrogens with one attached hydrogen (secondary N) is 1.